The number of nitrogens with zero attached hydrogens (tertiary/aromatic N) is 2. The molecule has 2 N–H and O–H groups in total. The fraction of sp³-hybridized carbons (Fsp3) is 0.278. The lowest BCUT2D eigenvalue weighted by Crippen LogP contribution is -2.32. The number of benzene rings is 1. The van der Waals surface area contributed by atoms with Gasteiger partial charge in [0, 0.05) is 6.20 Å². The maximum Gasteiger partial charge on any atom is 0.295 e. The number of imidazole rings is 1. The molecule has 1 aromatic carbocycles. The predicted molar refractivity (Wildman–Crippen MR) is 90.3 cm³/mol. The van der Waals surface area contributed by atoms with E-state index in [-0.39, 0.29) is 28.9 Å². The SMILES string of the molecule is CC(C)C(NC(=O)c1cccc2[nH]c(C(F)F)nc12)c1ccccn1. The van der Waals surface area contributed by atoms with Gasteiger partial charge in [-0.1, -0.05) is 26.0 Å². The predicted octanol–water partition coefficient (Wildman–Crippen LogP) is 4.02. The zero-order valence-corrected chi connectivity index (χ0v) is 13.8. The van der Waals surface area contributed by atoms with Gasteiger partial charge in [0.15, 0.2) is 5.82 Å². The van der Waals surface area contributed by atoms with Gasteiger partial charge in [-0.2, -0.15) is 0 Å². The Kier molecular flexibility index (Phi) is 4.74. The van der Waals surface area contributed by atoms with E-state index < -0.39 is 12.2 Å². The van der Waals surface area contributed by atoms with Gasteiger partial charge in [-0.15, -0.1) is 0 Å². The molecule has 0 bridgehead atoms. The normalized spacial score (nSPS) is 12.7. The van der Waals surface area contributed by atoms with Crippen LogP contribution in [0.1, 0.15) is 48.2 Å². The number of hydrogen-bond acceptors (Lipinski definition) is 3. The molecule has 0 radical (unpaired) electrons. The third-order valence-corrected chi connectivity index (χ3v) is 3.94. The standard InChI is InChI=1S/C18H18F2N4O/c1-10(2)14(12-7-3-4-9-21-12)24-18(25)11-6-5-8-13-15(11)23-17(22-13)16(19)20/h3-10,14,16H,1-2H3,(H,22,23)(H,24,25). The van der Waals surface area contributed by atoms with Gasteiger partial charge in [-0.05, 0) is 30.2 Å². The lowest BCUT2D eigenvalue weighted by atomic mass is 9.99. The van der Waals surface area contributed by atoms with E-state index in [4.69, 9.17) is 0 Å². The van der Waals surface area contributed by atoms with Crippen LogP contribution in [0.4, 0.5) is 8.78 Å². The highest BCUT2D eigenvalue weighted by Gasteiger charge is 2.23. The molecule has 3 rings (SSSR count). The second-order valence-electron chi connectivity index (χ2n) is 6.07. The highest BCUT2D eigenvalue weighted by molar-refractivity contribution is 6.05. The summed E-state index contributed by atoms with van der Waals surface area (Å²) in [5, 5.41) is 2.94. The lowest BCUT2D eigenvalue weighted by molar-refractivity contribution is 0.0925. The highest BCUT2D eigenvalue weighted by atomic mass is 19.3. The van der Waals surface area contributed by atoms with Crippen LogP contribution in [-0.4, -0.2) is 20.9 Å². The van der Waals surface area contributed by atoms with Crippen LogP contribution in [0.25, 0.3) is 11.0 Å². The van der Waals surface area contributed by atoms with Crippen molar-refractivity contribution in [2.24, 2.45) is 5.92 Å². The molecule has 7 heteroatoms. The van der Waals surface area contributed by atoms with E-state index in [9.17, 15) is 13.6 Å². The van der Waals surface area contributed by atoms with Crippen LogP contribution in [-0.2, 0) is 0 Å². The van der Waals surface area contributed by atoms with Gasteiger partial charge in [-0.3, -0.25) is 9.78 Å². The summed E-state index contributed by atoms with van der Waals surface area (Å²) in [7, 11) is 0. The fourth-order valence-electron chi connectivity index (χ4n) is 2.70. The van der Waals surface area contributed by atoms with Gasteiger partial charge in [0.25, 0.3) is 12.3 Å². The Morgan fingerprint density at radius 1 is 1.16 bits per heavy atom. The van der Waals surface area contributed by atoms with Crippen LogP contribution >= 0.6 is 0 Å². The average Bonchev–Trinajstić information content (AvgIpc) is 3.04. The fourth-order valence-corrected chi connectivity index (χ4v) is 2.70. The number of rotatable bonds is 5. The molecule has 0 spiro atoms. The van der Waals surface area contributed by atoms with Crippen molar-refractivity contribution in [1.29, 1.82) is 0 Å². The second-order valence-corrected chi connectivity index (χ2v) is 6.07. The highest BCUT2D eigenvalue weighted by Crippen LogP contribution is 2.24. The van der Waals surface area contributed by atoms with Gasteiger partial charge >= 0.3 is 0 Å². The molecule has 5 nitrogen and oxygen atoms in total. The molecule has 1 amide bonds. The van der Waals surface area contributed by atoms with Gasteiger partial charge in [0.2, 0.25) is 0 Å². The first-order valence-corrected chi connectivity index (χ1v) is 7.96. The Labute approximate surface area is 143 Å². The van der Waals surface area contributed by atoms with Gasteiger partial charge in [0.05, 0.1) is 22.8 Å². The summed E-state index contributed by atoms with van der Waals surface area (Å²) in [5.41, 5.74) is 1.64. The van der Waals surface area contributed by atoms with Crippen molar-refractivity contribution < 1.29 is 13.6 Å². The van der Waals surface area contributed by atoms with Crippen LogP contribution in [0.2, 0.25) is 0 Å². The van der Waals surface area contributed by atoms with E-state index in [0.29, 0.717) is 5.52 Å². The molecule has 0 fully saturated rings. The zero-order chi connectivity index (χ0) is 18.0. The number of pyridine rings is 1. The number of aromatic amines is 1. The topological polar surface area (TPSA) is 70.7 Å². The van der Waals surface area contributed by atoms with Crippen LogP contribution in [0.5, 0.6) is 0 Å². The van der Waals surface area contributed by atoms with Gasteiger partial charge in [0.1, 0.15) is 5.52 Å². The Morgan fingerprint density at radius 3 is 2.60 bits per heavy atom. The van der Waals surface area contributed by atoms with E-state index in [1.165, 1.54) is 0 Å². The summed E-state index contributed by atoms with van der Waals surface area (Å²) < 4.78 is 25.7. The monoisotopic (exact) mass is 344 g/mol. The maximum absolute atomic E-state index is 12.9. The minimum absolute atomic E-state index is 0.105. The minimum atomic E-state index is -2.72. The summed E-state index contributed by atoms with van der Waals surface area (Å²) in [6.07, 6.45) is -1.06. The van der Waals surface area contributed by atoms with Crippen molar-refractivity contribution in [2.45, 2.75) is 26.3 Å². The van der Waals surface area contributed by atoms with Crippen molar-refractivity contribution in [3.8, 4) is 0 Å². The summed E-state index contributed by atoms with van der Waals surface area (Å²) in [6, 6.07) is 10.0. The number of H-pyrrole nitrogens is 1. The van der Waals surface area contributed by atoms with Crippen LogP contribution < -0.4 is 5.32 Å². The molecule has 2 aromatic heterocycles. The molecule has 0 aliphatic rings. The Balaban J connectivity index is 1.93. The molecule has 1 unspecified atom stereocenters. The Morgan fingerprint density at radius 2 is 1.96 bits per heavy atom. The van der Waals surface area contributed by atoms with Gasteiger partial charge < -0.3 is 10.3 Å². The number of carbonyl (C=O) groups is 1. The molecular formula is C18H18F2N4O. The molecule has 25 heavy (non-hydrogen) atoms. The minimum Gasteiger partial charge on any atom is -0.343 e. The number of carbonyl (C=O) groups excluding carboxylic acids is 1. The molecular weight excluding hydrogens is 326 g/mol. The summed E-state index contributed by atoms with van der Waals surface area (Å²) >= 11 is 0. The number of hydrogen-bond donors (Lipinski definition) is 2. The number of aromatic nitrogens is 3. The summed E-state index contributed by atoms with van der Waals surface area (Å²) in [5.74, 6) is -0.712. The molecule has 2 heterocycles. The number of amides is 1. The van der Waals surface area contributed by atoms with Crippen LogP contribution in [0, 0.1) is 5.92 Å². The first-order valence-electron chi connectivity index (χ1n) is 7.96. The van der Waals surface area contributed by atoms with E-state index in [1.54, 1.807) is 30.5 Å². The van der Waals surface area contributed by atoms with Crippen molar-refractivity contribution >= 4 is 16.9 Å². The number of fused-ring (bicyclic) bond motifs is 1. The third kappa shape index (κ3) is 3.50. The third-order valence-electron chi connectivity index (χ3n) is 3.94. The first-order chi connectivity index (χ1) is 12.0. The molecule has 1 atom stereocenters. The second kappa shape index (κ2) is 6.96. The number of para-hydroxylation sites is 1. The Bertz CT molecular complexity index is 877. The molecule has 0 aliphatic heterocycles. The first kappa shape index (κ1) is 17.0. The van der Waals surface area contributed by atoms with Crippen molar-refractivity contribution in [2.75, 3.05) is 0 Å². The zero-order valence-electron chi connectivity index (χ0n) is 13.8. The van der Waals surface area contributed by atoms with Crippen molar-refractivity contribution in [3.05, 3.63) is 59.7 Å². The summed E-state index contributed by atoms with van der Waals surface area (Å²) in [4.78, 5) is 23.5. The quantitative estimate of drug-likeness (QED) is 0.734. The number of alkyl halides is 2. The molecule has 0 saturated carbocycles. The van der Waals surface area contributed by atoms with Crippen LogP contribution in [0.3, 0.4) is 0 Å². The van der Waals surface area contributed by atoms with E-state index in [2.05, 4.69) is 20.3 Å². The Hall–Kier alpha value is -2.83. The molecule has 3 aromatic rings. The largest absolute Gasteiger partial charge is 0.343 e. The van der Waals surface area contributed by atoms with Gasteiger partial charge in [-0.25, -0.2) is 13.8 Å². The smallest absolute Gasteiger partial charge is 0.295 e. The number of nitrogens with one attached hydrogen (secondary N) is 2. The molecule has 0 saturated heterocycles. The van der Waals surface area contributed by atoms with Crippen molar-refractivity contribution in [1.82, 2.24) is 20.3 Å². The number of halogens is 2. The van der Waals surface area contributed by atoms with E-state index >= 15 is 0 Å². The van der Waals surface area contributed by atoms with Crippen molar-refractivity contribution in [3.63, 3.8) is 0 Å². The maximum atomic E-state index is 12.9. The summed E-state index contributed by atoms with van der Waals surface area (Å²) in [6.45, 7) is 3.95. The molecule has 130 valence electrons. The van der Waals surface area contributed by atoms with Crippen LogP contribution in [0.15, 0.2) is 42.6 Å². The lowest BCUT2D eigenvalue weighted by Gasteiger charge is -2.22. The van der Waals surface area contributed by atoms with E-state index in [0.717, 1.165) is 5.69 Å². The molecule has 0 aliphatic carbocycles. The average molecular weight is 344 g/mol. The van der Waals surface area contributed by atoms with E-state index in [1.807, 2.05) is 26.0 Å².